The van der Waals surface area contributed by atoms with E-state index < -0.39 is 0 Å². The van der Waals surface area contributed by atoms with Gasteiger partial charge in [-0.05, 0) is 42.9 Å². The standard InChI is InChI=1S/C15H20ClNO/c1-12(7-10-18)13-5-6-15(14(16)11-13)17-8-3-2-4-9-17/h5-6,10-12H,2-4,7-9H2,1H3. The molecular weight excluding hydrogens is 246 g/mol. The Bertz CT molecular complexity index is 413. The Labute approximate surface area is 114 Å². The molecule has 1 atom stereocenters. The van der Waals surface area contributed by atoms with Crippen LogP contribution in [0.3, 0.4) is 0 Å². The molecule has 1 aliphatic heterocycles. The molecule has 1 saturated heterocycles. The van der Waals surface area contributed by atoms with Crippen LogP contribution in [0.1, 0.15) is 44.1 Å². The van der Waals surface area contributed by atoms with Gasteiger partial charge in [-0.1, -0.05) is 24.6 Å². The Morgan fingerprint density at radius 1 is 1.33 bits per heavy atom. The molecule has 0 spiro atoms. The lowest BCUT2D eigenvalue weighted by atomic mass is 9.98. The van der Waals surface area contributed by atoms with Gasteiger partial charge in [-0.25, -0.2) is 0 Å². The summed E-state index contributed by atoms with van der Waals surface area (Å²) in [5.74, 6) is 0.246. The molecule has 0 aromatic heterocycles. The first-order chi connectivity index (χ1) is 8.72. The van der Waals surface area contributed by atoms with Crippen molar-refractivity contribution in [1.29, 1.82) is 0 Å². The van der Waals surface area contributed by atoms with Crippen LogP contribution in [0.5, 0.6) is 0 Å². The van der Waals surface area contributed by atoms with E-state index in [1.807, 2.05) is 6.07 Å². The first kappa shape index (κ1) is 13.4. The summed E-state index contributed by atoms with van der Waals surface area (Å²) in [6.07, 6.45) is 5.35. The number of hydrogen-bond acceptors (Lipinski definition) is 2. The van der Waals surface area contributed by atoms with Gasteiger partial charge in [0.15, 0.2) is 0 Å². The molecule has 98 valence electrons. The summed E-state index contributed by atoms with van der Waals surface area (Å²) in [5, 5.41) is 0.812. The first-order valence-electron chi connectivity index (χ1n) is 6.70. The highest BCUT2D eigenvalue weighted by molar-refractivity contribution is 6.33. The number of benzene rings is 1. The van der Waals surface area contributed by atoms with Crippen LogP contribution in [0.25, 0.3) is 0 Å². The van der Waals surface area contributed by atoms with Crippen LogP contribution >= 0.6 is 11.6 Å². The summed E-state index contributed by atoms with van der Waals surface area (Å²) in [4.78, 5) is 12.9. The summed E-state index contributed by atoms with van der Waals surface area (Å²) in [6.45, 7) is 4.26. The van der Waals surface area contributed by atoms with Gasteiger partial charge < -0.3 is 9.69 Å². The smallest absolute Gasteiger partial charge is 0.120 e. The van der Waals surface area contributed by atoms with Gasteiger partial charge in [0.05, 0.1) is 10.7 Å². The highest BCUT2D eigenvalue weighted by Gasteiger charge is 2.15. The third-order valence-corrected chi connectivity index (χ3v) is 3.99. The molecule has 2 rings (SSSR count). The fraction of sp³-hybridized carbons (Fsp3) is 0.533. The van der Waals surface area contributed by atoms with Crippen molar-refractivity contribution in [1.82, 2.24) is 0 Å². The number of anilines is 1. The Morgan fingerprint density at radius 3 is 2.67 bits per heavy atom. The molecule has 0 radical (unpaired) electrons. The number of halogens is 1. The fourth-order valence-electron chi connectivity index (χ4n) is 2.50. The predicted octanol–water partition coefficient (Wildman–Crippen LogP) is 4.02. The minimum Gasteiger partial charge on any atom is -0.370 e. The van der Waals surface area contributed by atoms with E-state index in [2.05, 4.69) is 24.0 Å². The van der Waals surface area contributed by atoms with Crippen LogP contribution in [0, 0.1) is 0 Å². The van der Waals surface area contributed by atoms with Crippen molar-refractivity contribution in [3.63, 3.8) is 0 Å². The van der Waals surface area contributed by atoms with E-state index in [0.29, 0.717) is 6.42 Å². The van der Waals surface area contributed by atoms with Crippen molar-refractivity contribution in [2.75, 3.05) is 18.0 Å². The normalized spacial score (nSPS) is 17.6. The monoisotopic (exact) mass is 265 g/mol. The molecule has 2 nitrogen and oxygen atoms in total. The Morgan fingerprint density at radius 2 is 2.06 bits per heavy atom. The molecule has 0 amide bonds. The maximum Gasteiger partial charge on any atom is 0.120 e. The number of hydrogen-bond donors (Lipinski definition) is 0. The minimum atomic E-state index is 0.246. The molecule has 0 aliphatic carbocycles. The number of nitrogens with zero attached hydrogens (tertiary/aromatic N) is 1. The van der Waals surface area contributed by atoms with Gasteiger partial charge in [0.25, 0.3) is 0 Å². The molecule has 1 aromatic carbocycles. The lowest BCUT2D eigenvalue weighted by Gasteiger charge is -2.30. The Balaban J connectivity index is 2.16. The Hall–Kier alpha value is -1.02. The molecule has 1 aliphatic rings. The molecule has 18 heavy (non-hydrogen) atoms. The second kappa shape index (κ2) is 6.24. The van der Waals surface area contributed by atoms with Crippen molar-refractivity contribution in [2.24, 2.45) is 0 Å². The SMILES string of the molecule is CC(CC=O)c1ccc(N2CCCCC2)c(Cl)c1. The first-order valence-corrected chi connectivity index (χ1v) is 7.08. The average molecular weight is 266 g/mol. The van der Waals surface area contributed by atoms with Gasteiger partial charge in [-0.3, -0.25) is 0 Å². The van der Waals surface area contributed by atoms with Crippen molar-refractivity contribution in [3.8, 4) is 0 Å². The van der Waals surface area contributed by atoms with E-state index in [1.54, 1.807) is 0 Å². The van der Waals surface area contributed by atoms with Gasteiger partial charge in [0.2, 0.25) is 0 Å². The number of piperidine rings is 1. The second-order valence-corrected chi connectivity index (χ2v) is 5.47. The molecule has 0 saturated carbocycles. The molecule has 3 heteroatoms. The number of carbonyl (C=O) groups is 1. The van der Waals surface area contributed by atoms with Crippen molar-refractivity contribution in [2.45, 2.75) is 38.5 Å². The van der Waals surface area contributed by atoms with Crippen molar-refractivity contribution < 1.29 is 4.79 Å². The summed E-state index contributed by atoms with van der Waals surface area (Å²) in [7, 11) is 0. The molecule has 0 bridgehead atoms. The van der Waals surface area contributed by atoms with Crippen LogP contribution in [0.2, 0.25) is 5.02 Å². The van der Waals surface area contributed by atoms with E-state index in [-0.39, 0.29) is 5.92 Å². The van der Waals surface area contributed by atoms with Crippen LogP contribution in [-0.4, -0.2) is 19.4 Å². The lowest BCUT2D eigenvalue weighted by Crippen LogP contribution is -2.29. The third-order valence-electron chi connectivity index (χ3n) is 3.69. The van der Waals surface area contributed by atoms with E-state index in [4.69, 9.17) is 11.6 Å². The zero-order valence-electron chi connectivity index (χ0n) is 10.9. The molecule has 1 fully saturated rings. The molecule has 1 aromatic rings. The van der Waals surface area contributed by atoms with E-state index >= 15 is 0 Å². The summed E-state index contributed by atoms with van der Waals surface area (Å²) in [5.41, 5.74) is 2.28. The van der Waals surface area contributed by atoms with Crippen LogP contribution in [0.4, 0.5) is 5.69 Å². The largest absolute Gasteiger partial charge is 0.370 e. The van der Waals surface area contributed by atoms with Crippen LogP contribution < -0.4 is 4.90 Å². The van der Waals surface area contributed by atoms with Gasteiger partial charge in [-0.15, -0.1) is 0 Å². The van der Waals surface area contributed by atoms with E-state index in [1.165, 1.54) is 19.3 Å². The van der Waals surface area contributed by atoms with Gasteiger partial charge in [0.1, 0.15) is 6.29 Å². The van der Waals surface area contributed by atoms with Gasteiger partial charge >= 0.3 is 0 Å². The van der Waals surface area contributed by atoms with Gasteiger partial charge in [-0.2, -0.15) is 0 Å². The zero-order valence-corrected chi connectivity index (χ0v) is 11.6. The summed E-state index contributed by atoms with van der Waals surface area (Å²) in [6, 6.07) is 6.22. The van der Waals surface area contributed by atoms with Crippen molar-refractivity contribution in [3.05, 3.63) is 28.8 Å². The number of rotatable bonds is 4. The van der Waals surface area contributed by atoms with E-state index in [9.17, 15) is 4.79 Å². The van der Waals surface area contributed by atoms with Crippen LogP contribution in [0.15, 0.2) is 18.2 Å². The van der Waals surface area contributed by atoms with Crippen LogP contribution in [-0.2, 0) is 4.79 Å². The van der Waals surface area contributed by atoms with Gasteiger partial charge in [0, 0.05) is 19.5 Å². The topological polar surface area (TPSA) is 20.3 Å². The number of aldehydes is 1. The summed E-state index contributed by atoms with van der Waals surface area (Å²) < 4.78 is 0. The average Bonchev–Trinajstić information content (AvgIpc) is 2.40. The molecule has 1 unspecified atom stereocenters. The highest BCUT2D eigenvalue weighted by atomic mass is 35.5. The number of carbonyl (C=O) groups excluding carboxylic acids is 1. The quantitative estimate of drug-likeness (QED) is 0.767. The maximum atomic E-state index is 10.5. The fourth-order valence-corrected chi connectivity index (χ4v) is 2.81. The third kappa shape index (κ3) is 3.05. The van der Waals surface area contributed by atoms with E-state index in [0.717, 1.165) is 35.6 Å². The predicted molar refractivity (Wildman–Crippen MR) is 76.6 cm³/mol. The summed E-state index contributed by atoms with van der Waals surface area (Å²) >= 11 is 6.38. The second-order valence-electron chi connectivity index (χ2n) is 5.06. The maximum absolute atomic E-state index is 10.5. The Kier molecular flexibility index (Phi) is 4.65. The molecule has 1 heterocycles. The zero-order chi connectivity index (χ0) is 13.0. The highest BCUT2D eigenvalue weighted by Crippen LogP contribution is 2.31. The lowest BCUT2D eigenvalue weighted by molar-refractivity contribution is -0.108. The van der Waals surface area contributed by atoms with Crippen molar-refractivity contribution >= 4 is 23.6 Å². The minimum absolute atomic E-state index is 0.246. The molecular formula is C15H20ClNO. The molecule has 0 N–H and O–H groups in total.